The Morgan fingerprint density at radius 1 is 1.26 bits per heavy atom. The van der Waals surface area contributed by atoms with Crippen LogP contribution >= 0.6 is 11.3 Å². The highest BCUT2D eigenvalue weighted by molar-refractivity contribution is 7.08. The van der Waals surface area contributed by atoms with Gasteiger partial charge in [0.15, 0.2) is 0 Å². The average molecular weight is 328 g/mol. The number of nitrogens with one attached hydrogen (secondary N) is 1. The molecule has 2 N–H and O–H groups in total. The summed E-state index contributed by atoms with van der Waals surface area (Å²) in [5.41, 5.74) is 3.76. The molecule has 1 saturated heterocycles. The zero-order valence-corrected chi connectivity index (χ0v) is 13.2. The smallest absolute Gasteiger partial charge is 0.407 e. The Balaban J connectivity index is 1.76. The fourth-order valence-corrected chi connectivity index (χ4v) is 4.26. The van der Waals surface area contributed by atoms with Crippen molar-refractivity contribution in [2.75, 3.05) is 19.6 Å². The van der Waals surface area contributed by atoms with E-state index in [2.05, 4.69) is 10.7 Å². The summed E-state index contributed by atoms with van der Waals surface area (Å²) in [5.74, 6) is 0.160. The van der Waals surface area contributed by atoms with Gasteiger partial charge in [-0.1, -0.05) is 12.1 Å². The van der Waals surface area contributed by atoms with E-state index in [-0.39, 0.29) is 17.7 Å². The Hall–Kier alpha value is -2.34. The highest BCUT2D eigenvalue weighted by Gasteiger charge is 2.39. The van der Waals surface area contributed by atoms with Gasteiger partial charge in [0.2, 0.25) is 0 Å². The number of hydrogen-bond acceptors (Lipinski definition) is 3. The summed E-state index contributed by atoms with van der Waals surface area (Å²) in [5, 5.41) is 16.3. The second-order valence-electron chi connectivity index (χ2n) is 6.08. The monoisotopic (exact) mass is 328 g/mol. The van der Waals surface area contributed by atoms with E-state index in [1.165, 1.54) is 4.90 Å². The summed E-state index contributed by atoms with van der Waals surface area (Å²) < 4.78 is 0. The summed E-state index contributed by atoms with van der Waals surface area (Å²) >= 11 is 1.62. The van der Waals surface area contributed by atoms with Crippen LogP contribution in [0.5, 0.6) is 0 Å². The lowest BCUT2D eigenvalue weighted by Gasteiger charge is -2.16. The van der Waals surface area contributed by atoms with E-state index in [0.717, 1.165) is 16.7 Å². The number of carbonyl (C=O) groups is 2. The zero-order chi connectivity index (χ0) is 16.0. The van der Waals surface area contributed by atoms with Crippen molar-refractivity contribution < 1.29 is 14.7 Å². The van der Waals surface area contributed by atoms with Crippen molar-refractivity contribution in [3.63, 3.8) is 0 Å². The largest absolute Gasteiger partial charge is 0.465 e. The summed E-state index contributed by atoms with van der Waals surface area (Å²) in [6.45, 7) is 1.46. The van der Waals surface area contributed by atoms with E-state index >= 15 is 0 Å². The van der Waals surface area contributed by atoms with Gasteiger partial charge >= 0.3 is 6.09 Å². The minimum Gasteiger partial charge on any atom is -0.465 e. The topological polar surface area (TPSA) is 69.6 Å². The predicted molar refractivity (Wildman–Crippen MR) is 87.9 cm³/mol. The Labute approximate surface area is 137 Å². The van der Waals surface area contributed by atoms with Crippen LogP contribution in [0.2, 0.25) is 0 Å². The minimum atomic E-state index is -0.888. The molecule has 0 radical (unpaired) electrons. The van der Waals surface area contributed by atoms with E-state index in [4.69, 9.17) is 0 Å². The zero-order valence-electron chi connectivity index (χ0n) is 12.4. The quantitative estimate of drug-likeness (QED) is 0.846. The van der Waals surface area contributed by atoms with E-state index in [1.807, 2.05) is 29.6 Å². The van der Waals surface area contributed by atoms with Crippen LogP contribution in [-0.2, 0) is 0 Å². The van der Waals surface area contributed by atoms with Crippen LogP contribution in [0.3, 0.4) is 0 Å². The molecule has 0 bridgehead atoms. The van der Waals surface area contributed by atoms with E-state index in [0.29, 0.717) is 25.2 Å². The number of thiophene rings is 1. The molecule has 2 aromatic rings. The van der Waals surface area contributed by atoms with Gasteiger partial charge in [0.05, 0.1) is 0 Å². The number of carbonyl (C=O) groups excluding carboxylic acids is 1. The third kappa shape index (κ3) is 2.39. The van der Waals surface area contributed by atoms with E-state index < -0.39 is 6.09 Å². The van der Waals surface area contributed by atoms with Crippen molar-refractivity contribution in [1.82, 2.24) is 10.2 Å². The molecule has 2 amide bonds. The Morgan fingerprint density at radius 2 is 2.13 bits per heavy atom. The van der Waals surface area contributed by atoms with Gasteiger partial charge in [-0.25, -0.2) is 4.79 Å². The van der Waals surface area contributed by atoms with Gasteiger partial charge in [0.1, 0.15) is 0 Å². The van der Waals surface area contributed by atoms with Gasteiger partial charge < -0.3 is 15.3 Å². The number of amides is 2. The van der Waals surface area contributed by atoms with Crippen LogP contribution in [0.15, 0.2) is 35.0 Å². The highest BCUT2D eigenvalue weighted by atomic mass is 32.1. The first-order valence-corrected chi connectivity index (χ1v) is 8.50. The third-order valence-electron chi connectivity index (χ3n) is 4.79. The van der Waals surface area contributed by atoms with Gasteiger partial charge in [-0.2, -0.15) is 11.3 Å². The molecule has 4 rings (SSSR count). The number of nitrogens with zero attached hydrogens (tertiary/aromatic N) is 1. The first kappa shape index (κ1) is 14.3. The summed E-state index contributed by atoms with van der Waals surface area (Å²) in [7, 11) is 0. The molecule has 2 aliphatic rings. The van der Waals surface area contributed by atoms with Gasteiger partial charge in [-0.3, -0.25) is 4.79 Å². The third-order valence-corrected chi connectivity index (χ3v) is 5.47. The van der Waals surface area contributed by atoms with Gasteiger partial charge in [-0.05, 0) is 39.6 Å². The molecule has 5 nitrogen and oxygen atoms in total. The van der Waals surface area contributed by atoms with Crippen molar-refractivity contribution in [2.45, 2.75) is 5.92 Å². The normalized spacial score (nSPS) is 23.0. The van der Waals surface area contributed by atoms with Crippen molar-refractivity contribution in [3.8, 4) is 11.1 Å². The van der Waals surface area contributed by atoms with Crippen LogP contribution in [0, 0.1) is 5.92 Å². The molecule has 1 aromatic carbocycles. The standard InChI is InChI=1S/C17H16N2O3S/c20-16-14-5-10(11-3-4-23-9-11)1-2-13(14)15-8-19(17(21)22)7-12(15)6-18-16/h1-5,9,12,15H,6-8H2,(H,18,20)(H,21,22)/t12-,15-/m1/s1. The molecule has 1 aromatic heterocycles. The average Bonchev–Trinajstić information content (AvgIpc) is 3.19. The molecule has 23 heavy (non-hydrogen) atoms. The molecule has 2 aliphatic heterocycles. The number of benzene rings is 1. The molecule has 118 valence electrons. The molecule has 0 aliphatic carbocycles. The van der Waals surface area contributed by atoms with Gasteiger partial charge in [0, 0.05) is 37.0 Å². The number of carboxylic acid groups (broad SMARTS) is 1. The van der Waals surface area contributed by atoms with Crippen molar-refractivity contribution in [1.29, 1.82) is 0 Å². The first-order chi connectivity index (χ1) is 11.1. The van der Waals surface area contributed by atoms with Crippen LogP contribution in [0.25, 0.3) is 11.1 Å². The van der Waals surface area contributed by atoms with Crippen LogP contribution in [-0.4, -0.2) is 41.6 Å². The lowest BCUT2D eigenvalue weighted by Crippen LogP contribution is -2.31. The fourth-order valence-electron chi connectivity index (χ4n) is 3.59. The lowest BCUT2D eigenvalue weighted by atomic mass is 9.86. The molecular formula is C17H16N2O3S. The maximum atomic E-state index is 12.4. The molecule has 2 atom stereocenters. The maximum Gasteiger partial charge on any atom is 0.407 e. The maximum absolute atomic E-state index is 12.4. The fraction of sp³-hybridized carbons (Fsp3) is 0.294. The molecular weight excluding hydrogens is 312 g/mol. The Bertz CT molecular complexity index is 772. The molecule has 3 heterocycles. The molecule has 1 fully saturated rings. The molecule has 0 unspecified atom stereocenters. The van der Waals surface area contributed by atoms with E-state index in [1.54, 1.807) is 11.3 Å². The first-order valence-electron chi connectivity index (χ1n) is 7.56. The Kier molecular flexibility index (Phi) is 3.34. The second-order valence-corrected chi connectivity index (χ2v) is 6.86. The predicted octanol–water partition coefficient (Wildman–Crippen LogP) is 2.85. The van der Waals surface area contributed by atoms with Crippen LogP contribution < -0.4 is 5.32 Å². The summed E-state index contributed by atoms with van der Waals surface area (Å²) in [4.78, 5) is 25.1. The molecule has 0 saturated carbocycles. The molecule has 6 heteroatoms. The van der Waals surface area contributed by atoms with E-state index in [9.17, 15) is 14.7 Å². The van der Waals surface area contributed by atoms with Gasteiger partial charge in [0.25, 0.3) is 5.91 Å². The lowest BCUT2D eigenvalue weighted by molar-refractivity contribution is 0.0951. The minimum absolute atomic E-state index is 0.0617. The van der Waals surface area contributed by atoms with Crippen molar-refractivity contribution in [2.24, 2.45) is 5.92 Å². The molecule has 0 spiro atoms. The highest BCUT2D eigenvalue weighted by Crippen LogP contribution is 2.37. The SMILES string of the molecule is O=C1NC[C@@H]2CN(C(=O)O)C[C@H]2c2ccc(-c3ccsc3)cc21. The number of fused-ring (bicyclic) bond motifs is 3. The number of likely N-dealkylation sites (tertiary alicyclic amines) is 1. The Morgan fingerprint density at radius 3 is 2.87 bits per heavy atom. The van der Waals surface area contributed by atoms with Crippen LogP contribution in [0.4, 0.5) is 4.79 Å². The van der Waals surface area contributed by atoms with Crippen molar-refractivity contribution in [3.05, 3.63) is 46.2 Å². The summed E-state index contributed by atoms with van der Waals surface area (Å²) in [6.07, 6.45) is -0.888. The second kappa shape index (κ2) is 5.38. The number of rotatable bonds is 1. The van der Waals surface area contributed by atoms with Crippen LogP contribution in [0.1, 0.15) is 21.8 Å². The summed E-state index contributed by atoms with van der Waals surface area (Å²) in [6, 6.07) is 7.99. The van der Waals surface area contributed by atoms with Gasteiger partial charge in [-0.15, -0.1) is 0 Å². The van der Waals surface area contributed by atoms with Crippen molar-refractivity contribution >= 4 is 23.3 Å². The number of hydrogen-bond donors (Lipinski definition) is 2.